The van der Waals surface area contributed by atoms with E-state index in [1.807, 2.05) is 42.6 Å². The number of ether oxygens (including phenoxy) is 2. The van der Waals surface area contributed by atoms with E-state index < -0.39 is 6.04 Å². The van der Waals surface area contributed by atoms with Gasteiger partial charge < -0.3 is 26.3 Å². The van der Waals surface area contributed by atoms with E-state index in [4.69, 9.17) is 26.2 Å². The molecule has 0 fully saturated rings. The molecule has 0 radical (unpaired) electrons. The first-order valence-corrected chi connectivity index (χ1v) is 11.5. The van der Waals surface area contributed by atoms with Crippen molar-refractivity contribution in [2.45, 2.75) is 38.8 Å². The van der Waals surface area contributed by atoms with Crippen LogP contribution in [0.1, 0.15) is 54.6 Å². The lowest BCUT2D eigenvalue weighted by Crippen LogP contribution is -2.32. The minimum Gasteiger partial charge on any atom is -0.496 e. The van der Waals surface area contributed by atoms with Crippen LogP contribution in [0.2, 0.25) is 0 Å². The molecule has 1 aromatic heterocycles. The van der Waals surface area contributed by atoms with Gasteiger partial charge in [0.15, 0.2) is 6.19 Å². The minimum atomic E-state index is -0.664. The zero-order valence-corrected chi connectivity index (χ0v) is 21.1. The maximum absolute atomic E-state index is 9.55. The second kappa shape index (κ2) is 9.96. The molecular formula is C27H28N8O2. The lowest BCUT2D eigenvalue weighted by atomic mass is 9.87. The molecule has 6 N–H and O–H groups in total. The van der Waals surface area contributed by atoms with E-state index in [0.29, 0.717) is 17.1 Å². The Bertz CT molecular complexity index is 1440. The number of pyridine rings is 1. The zero-order valence-electron chi connectivity index (χ0n) is 21.1. The third kappa shape index (κ3) is 5.04. The van der Waals surface area contributed by atoms with E-state index in [2.05, 4.69) is 53.5 Å². The summed E-state index contributed by atoms with van der Waals surface area (Å²) in [7, 11) is 1.59. The smallest absolute Gasteiger partial charge is 0.211 e. The van der Waals surface area contributed by atoms with Crippen LogP contribution in [0.3, 0.4) is 0 Å². The summed E-state index contributed by atoms with van der Waals surface area (Å²) in [5, 5.41) is 24.1. The Morgan fingerprint density at radius 1 is 1.11 bits per heavy atom. The van der Waals surface area contributed by atoms with Gasteiger partial charge in [-0.2, -0.15) is 10.5 Å². The van der Waals surface area contributed by atoms with Gasteiger partial charge in [-0.1, -0.05) is 39.0 Å². The van der Waals surface area contributed by atoms with Crippen LogP contribution in [-0.4, -0.2) is 18.1 Å². The number of aliphatic imine (C=N–C) groups is 1. The van der Waals surface area contributed by atoms with Gasteiger partial charge in [0.1, 0.15) is 47.4 Å². The van der Waals surface area contributed by atoms with Crippen molar-refractivity contribution in [3.05, 3.63) is 70.3 Å². The van der Waals surface area contributed by atoms with Gasteiger partial charge in [-0.3, -0.25) is 5.32 Å². The first-order valence-electron chi connectivity index (χ1n) is 11.5. The highest BCUT2D eigenvalue weighted by Crippen LogP contribution is 2.41. The lowest BCUT2D eigenvalue weighted by molar-refractivity contribution is 0.296. The van der Waals surface area contributed by atoms with Gasteiger partial charge in [0.2, 0.25) is 5.96 Å². The predicted octanol–water partition coefficient (Wildman–Crippen LogP) is 3.94. The van der Waals surface area contributed by atoms with Gasteiger partial charge >= 0.3 is 0 Å². The van der Waals surface area contributed by atoms with Gasteiger partial charge in [0, 0.05) is 11.1 Å². The molecule has 2 aromatic carbocycles. The molecule has 1 aliphatic rings. The van der Waals surface area contributed by atoms with E-state index in [0.717, 1.165) is 16.9 Å². The third-order valence-electron chi connectivity index (χ3n) is 6.09. The molecule has 0 bridgehead atoms. The number of nitriles is 2. The van der Waals surface area contributed by atoms with Crippen molar-refractivity contribution in [3.63, 3.8) is 0 Å². The minimum absolute atomic E-state index is 0.00972. The first kappa shape index (κ1) is 25.1. The molecule has 10 nitrogen and oxygen atoms in total. The first-order chi connectivity index (χ1) is 17.7. The highest BCUT2D eigenvalue weighted by molar-refractivity contribution is 5.98. The summed E-state index contributed by atoms with van der Waals surface area (Å²) in [4.78, 5) is 8.91. The molecule has 0 saturated heterocycles. The monoisotopic (exact) mass is 496 g/mol. The van der Waals surface area contributed by atoms with Gasteiger partial charge in [-0.15, -0.1) is 0 Å². The Morgan fingerprint density at radius 3 is 2.46 bits per heavy atom. The second-order valence-electron chi connectivity index (χ2n) is 9.54. The van der Waals surface area contributed by atoms with Crippen molar-refractivity contribution in [2.24, 2.45) is 4.99 Å². The summed E-state index contributed by atoms with van der Waals surface area (Å²) in [5.41, 5.74) is 15.8. The van der Waals surface area contributed by atoms with Crippen LogP contribution in [0.15, 0.2) is 47.5 Å². The summed E-state index contributed by atoms with van der Waals surface area (Å²) in [6.45, 7) is 6.73. The Morgan fingerprint density at radius 2 is 1.84 bits per heavy atom. The number of benzene rings is 2. The normalized spacial score (nSPS) is 14.3. The van der Waals surface area contributed by atoms with E-state index >= 15 is 0 Å². The number of nitrogens with two attached hydrogens (primary N) is 2. The highest BCUT2D eigenvalue weighted by Gasteiger charge is 2.30. The van der Waals surface area contributed by atoms with Crippen LogP contribution in [0.25, 0.3) is 0 Å². The topological polar surface area (TPSA) is 167 Å². The maximum atomic E-state index is 9.55. The van der Waals surface area contributed by atoms with Gasteiger partial charge in [-0.25, -0.2) is 9.98 Å². The van der Waals surface area contributed by atoms with Crippen LogP contribution in [0.4, 0.5) is 17.3 Å². The zero-order chi connectivity index (χ0) is 26.7. The number of hydrogen-bond acceptors (Lipinski definition) is 10. The SMILES string of the molecule is COc1ccc(C2N=C(NC#N)Nc3nc(N)c(C#N)c(N)c32)cc1COc1ccc(C(C)(C)C)cc1. The average Bonchev–Trinajstić information content (AvgIpc) is 2.87. The lowest BCUT2D eigenvalue weighted by Gasteiger charge is -2.26. The number of nitrogens with one attached hydrogen (secondary N) is 2. The number of fused-ring (bicyclic) bond motifs is 1. The quantitative estimate of drug-likeness (QED) is 0.302. The van der Waals surface area contributed by atoms with E-state index in [-0.39, 0.29) is 35.1 Å². The van der Waals surface area contributed by atoms with Crippen molar-refractivity contribution in [2.75, 3.05) is 23.9 Å². The fraction of sp³-hybridized carbons (Fsp3) is 0.259. The maximum Gasteiger partial charge on any atom is 0.211 e. The number of anilines is 3. The standard InChI is InChI=1S/C27H28N8O2/c1-27(2,3)17-6-8-18(9-7-17)37-13-16-11-15(5-10-20(16)36-4)23-21-22(30)19(12-28)24(31)34-25(21)35-26(33-23)32-14-29/h5-11,23H,13H2,1-4H3,(H6,30,31,32,33,34,35). The summed E-state index contributed by atoms with van der Waals surface area (Å²) in [6.07, 6.45) is 1.85. The molecule has 4 rings (SSSR count). The molecule has 1 aliphatic heterocycles. The van der Waals surface area contributed by atoms with Crippen molar-refractivity contribution in [1.29, 1.82) is 10.5 Å². The van der Waals surface area contributed by atoms with Crippen LogP contribution in [0, 0.1) is 22.8 Å². The Kier molecular flexibility index (Phi) is 6.77. The number of nitrogen functional groups attached to an aromatic ring is 2. The van der Waals surface area contributed by atoms with Crippen molar-refractivity contribution >= 4 is 23.3 Å². The van der Waals surface area contributed by atoms with Crippen LogP contribution < -0.4 is 31.6 Å². The second-order valence-corrected chi connectivity index (χ2v) is 9.54. The van der Waals surface area contributed by atoms with E-state index in [1.165, 1.54) is 5.56 Å². The molecule has 0 amide bonds. The van der Waals surface area contributed by atoms with Crippen LogP contribution in [0.5, 0.6) is 11.5 Å². The van der Waals surface area contributed by atoms with Gasteiger partial charge in [0.05, 0.1) is 12.8 Å². The fourth-order valence-corrected chi connectivity index (χ4v) is 4.12. The van der Waals surface area contributed by atoms with Crippen LogP contribution >= 0.6 is 0 Å². The summed E-state index contributed by atoms with van der Waals surface area (Å²) in [5.74, 6) is 1.87. The van der Waals surface area contributed by atoms with Gasteiger partial charge in [0.25, 0.3) is 0 Å². The number of hydrogen-bond donors (Lipinski definition) is 4. The molecule has 0 aliphatic carbocycles. The predicted molar refractivity (Wildman–Crippen MR) is 142 cm³/mol. The molecule has 1 unspecified atom stereocenters. The Balaban J connectivity index is 1.71. The van der Waals surface area contributed by atoms with Crippen LogP contribution in [-0.2, 0) is 12.0 Å². The number of aromatic nitrogens is 1. The van der Waals surface area contributed by atoms with Crippen molar-refractivity contribution < 1.29 is 9.47 Å². The molecule has 10 heteroatoms. The number of guanidine groups is 1. The summed E-state index contributed by atoms with van der Waals surface area (Å²) in [6, 6.07) is 14.9. The largest absolute Gasteiger partial charge is 0.496 e. The van der Waals surface area contributed by atoms with E-state index in [1.54, 1.807) is 7.11 Å². The van der Waals surface area contributed by atoms with Gasteiger partial charge in [-0.05, 0) is 40.8 Å². The molecule has 0 saturated carbocycles. The molecule has 1 atom stereocenters. The molecule has 3 aromatic rings. The van der Waals surface area contributed by atoms with E-state index in [9.17, 15) is 5.26 Å². The molecule has 0 spiro atoms. The average molecular weight is 497 g/mol. The molecular weight excluding hydrogens is 468 g/mol. The summed E-state index contributed by atoms with van der Waals surface area (Å²) < 4.78 is 11.6. The fourth-order valence-electron chi connectivity index (χ4n) is 4.12. The number of nitrogens with zero attached hydrogens (tertiary/aromatic N) is 4. The molecule has 2 heterocycles. The van der Waals surface area contributed by atoms with Crippen molar-refractivity contribution in [3.8, 4) is 23.8 Å². The third-order valence-corrected chi connectivity index (χ3v) is 6.09. The summed E-state index contributed by atoms with van der Waals surface area (Å²) >= 11 is 0. The number of methoxy groups -OCH3 is 1. The highest BCUT2D eigenvalue weighted by atomic mass is 16.5. The molecule has 188 valence electrons. The Hall–Kier alpha value is -4.96. The van der Waals surface area contributed by atoms with Crippen molar-refractivity contribution in [1.82, 2.24) is 10.3 Å². The number of rotatable bonds is 5. The molecule has 37 heavy (non-hydrogen) atoms. The Labute approximate surface area is 215 Å².